The summed E-state index contributed by atoms with van der Waals surface area (Å²) in [6.07, 6.45) is 1.53. The van der Waals surface area contributed by atoms with Gasteiger partial charge in [-0.05, 0) is 17.7 Å². The van der Waals surface area contributed by atoms with Crippen molar-refractivity contribution in [1.82, 2.24) is 4.90 Å². The van der Waals surface area contributed by atoms with Crippen LogP contribution in [0.5, 0.6) is 5.75 Å². The van der Waals surface area contributed by atoms with E-state index in [9.17, 15) is 14.7 Å². The molecule has 96 valence electrons. The normalized spacial score (nSPS) is 9.78. The number of phenols is 1. The van der Waals surface area contributed by atoms with Crippen molar-refractivity contribution in [2.24, 2.45) is 0 Å². The number of hydrogen-bond donors (Lipinski definition) is 2. The molecule has 0 spiro atoms. The molecule has 1 amide bonds. The lowest BCUT2D eigenvalue weighted by atomic mass is 10.1. The van der Waals surface area contributed by atoms with Crippen LogP contribution in [0.2, 0.25) is 0 Å². The number of nitrogens with zero attached hydrogens (tertiary/aromatic N) is 1. The first kappa shape index (κ1) is 13.8. The summed E-state index contributed by atoms with van der Waals surface area (Å²) in [7, 11) is 0. The summed E-state index contributed by atoms with van der Waals surface area (Å²) in [6, 6.07) is 6.31. The van der Waals surface area contributed by atoms with Gasteiger partial charge in [0.2, 0.25) is 5.91 Å². The molecule has 0 aliphatic heterocycles. The molecule has 1 aromatic rings. The van der Waals surface area contributed by atoms with Crippen LogP contribution in [0.15, 0.2) is 36.9 Å². The summed E-state index contributed by atoms with van der Waals surface area (Å²) in [4.78, 5) is 23.7. The molecule has 0 unspecified atom stereocenters. The highest BCUT2D eigenvalue weighted by Crippen LogP contribution is 2.12. The molecule has 0 bridgehead atoms. The molecule has 0 saturated carbocycles. The van der Waals surface area contributed by atoms with E-state index < -0.39 is 5.97 Å². The number of carbonyl (C=O) groups excluding carboxylic acids is 1. The number of carboxylic acids is 1. The minimum Gasteiger partial charge on any atom is -0.508 e. The van der Waals surface area contributed by atoms with E-state index >= 15 is 0 Å². The Balaban J connectivity index is 2.71. The number of rotatable bonds is 6. The van der Waals surface area contributed by atoms with Crippen LogP contribution in [0.4, 0.5) is 0 Å². The molecule has 0 saturated heterocycles. The molecule has 1 rings (SSSR count). The van der Waals surface area contributed by atoms with Gasteiger partial charge < -0.3 is 15.1 Å². The maximum atomic E-state index is 11.9. The number of aliphatic carboxylic acids is 1. The van der Waals surface area contributed by atoms with Crippen LogP contribution in [0.1, 0.15) is 5.56 Å². The Hall–Kier alpha value is -2.30. The molecule has 0 aliphatic rings. The number of aromatic hydroxyl groups is 1. The fraction of sp³-hybridized carbons (Fsp3) is 0.231. The topological polar surface area (TPSA) is 77.8 Å². The highest BCUT2D eigenvalue weighted by Gasteiger charge is 2.15. The van der Waals surface area contributed by atoms with Crippen molar-refractivity contribution in [3.8, 4) is 5.75 Å². The van der Waals surface area contributed by atoms with Gasteiger partial charge in [-0.1, -0.05) is 18.2 Å². The molecule has 5 heteroatoms. The van der Waals surface area contributed by atoms with Crippen molar-refractivity contribution in [1.29, 1.82) is 0 Å². The average molecular weight is 249 g/mol. The van der Waals surface area contributed by atoms with E-state index in [1.807, 2.05) is 0 Å². The van der Waals surface area contributed by atoms with Gasteiger partial charge in [-0.25, -0.2) is 0 Å². The van der Waals surface area contributed by atoms with Gasteiger partial charge in [0.15, 0.2) is 0 Å². The Morgan fingerprint density at radius 2 is 2.11 bits per heavy atom. The molecular formula is C13H15NO4. The number of carboxylic acid groups (broad SMARTS) is 1. The maximum absolute atomic E-state index is 11.9. The Morgan fingerprint density at radius 1 is 1.39 bits per heavy atom. The van der Waals surface area contributed by atoms with Gasteiger partial charge in [-0.2, -0.15) is 0 Å². The lowest BCUT2D eigenvalue weighted by Crippen LogP contribution is -2.36. The second kappa shape index (κ2) is 6.44. The van der Waals surface area contributed by atoms with Gasteiger partial charge in [0.25, 0.3) is 0 Å². The average Bonchev–Trinajstić information content (AvgIpc) is 2.27. The molecular weight excluding hydrogens is 234 g/mol. The molecule has 2 N–H and O–H groups in total. The fourth-order valence-corrected chi connectivity index (χ4v) is 1.53. The van der Waals surface area contributed by atoms with Gasteiger partial charge in [0.1, 0.15) is 12.3 Å². The van der Waals surface area contributed by atoms with Crippen molar-refractivity contribution >= 4 is 11.9 Å². The monoisotopic (exact) mass is 249 g/mol. The molecule has 0 aromatic heterocycles. The molecule has 18 heavy (non-hydrogen) atoms. The molecule has 0 atom stereocenters. The van der Waals surface area contributed by atoms with Crippen LogP contribution in [0.3, 0.4) is 0 Å². The van der Waals surface area contributed by atoms with E-state index in [0.29, 0.717) is 5.56 Å². The highest BCUT2D eigenvalue weighted by atomic mass is 16.4. The van der Waals surface area contributed by atoms with Crippen LogP contribution in [-0.4, -0.2) is 40.1 Å². The first-order valence-electron chi connectivity index (χ1n) is 5.41. The van der Waals surface area contributed by atoms with E-state index in [1.165, 1.54) is 23.1 Å². The third-order valence-electron chi connectivity index (χ3n) is 2.29. The highest BCUT2D eigenvalue weighted by molar-refractivity contribution is 5.83. The lowest BCUT2D eigenvalue weighted by Gasteiger charge is -2.18. The van der Waals surface area contributed by atoms with Crippen LogP contribution in [0.25, 0.3) is 0 Å². The van der Waals surface area contributed by atoms with E-state index in [1.54, 1.807) is 12.1 Å². The smallest absolute Gasteiger partial charge is 0.323 e. The zero-order valence-corrected chi connectivity index (χ0v) is 9.87. The van der Waals surface area contributed by atoms with E-state index in [4.69, 9.17) is 5.11 Å². The molecule has 0 radical (unpaired) electrons. The maximum Gasteiger partial charge on any atom is 0.323 e. The number of amides is 1. The number of phenolic OH excluding ortho intramolecular Hbond substituents is 1. The summed E-state index contributed by atoms with van der Waals surface area (Å²) < 4.78 is 0. The van der Waals surface area contributed by atoms with Crippen molar-refractivity contribution < 1.29 is 19.8 Å². The summed E-state index contributed by atoms with van der Waals surface area (Å²) in [5.74, 6) is -1.31. The van der Waals surface area contributed by atoms with Crippen LogP contribution >= 0.6 is 0 Å². The quantitative estimate of drug-likeness (QED) is 0.738. The third-order valence-corrected chi connectivity index (χ3v) is 2.29. The van der Waals surface area contributed by atoms with E-state index in [2.05, 4.69) is 6.58 Å². The number of carbonyl (C=O) groups is 2. The number of benzene rings is 1. The van der Waals surface area contributed by atoms with Crippen molar-refractivity contribution in [2.75, 3.05) is 13.1 Å². The summed E-state index contributed by atoms with van der Waals surface area (Å²) in [5, 5.41) is 18.0. The summed E-state index contributed by atoms with van der Waals surface area (Å²) in [6.45, 7) is 3.31. The summed E-state index contributed by atoms with van der Waals surface area (Å²) >= 11 is 0. The Labute approximate surface area is 105 Å². The largest absolute Gasteiger partial charge is 0.508 e. The van der Waals surface area contributed by atoms with Gasteiger partial charge in [0.05, 0.1) is 6.42 Å². The first-order valence-corrected chi connectivity index (χ1v) is 5.41. The zero-order valence-electron chi connectivity index (χ0n) is 9.87. The minimum absolute atomic E-state index is 0.0511. The third kappa shape index (κ3) is 4.29. The second-order valence-corrected chi connectivity index (χ2v) is 3.80. The van der Waals surface area contributed by atoms with Gasteiger partial charge in [-0.15, -0.1) is 6.58 Å². The van der Waals surface area contributed by atoms with Crippen LogP contribution in [-0.2, 0) is 16.0 Å². The molecule has 0 heterocycles. The van der Waals surface area contributed by atoms with Crippen LogP contribution < -0.4 is 0 Å². The van der Waals surface area contributed by atoms with Gasteiger partial charge in [0, 0.05) is 6.54 Å². The van der Waals surface area contributed by atoms with Crippen molar-refractivity contribution in [3.63, 3.8) is 0 Å². The van der Waals surface area contributed by atoms with Gasteiger partial charge >= 0.3 is 5.97 Å². The first-order chi connectivity index (χ1) is 8.52. The predicted molar refractivity (Wildman–Crippen MR) is 66.2 cm³/mol. The molecule has 0 aliphatic carbocycles. The van der Waals surface area contributed by atoms with Crippen molar-refractivity contribution in [2.45, 2.75) is 6.42 Å². The molecule has 1 aromatic carbocycles. The molecule has 5 nitrogen and oxygen atoms in total. The Morgan fingerprint density at radius 3 is 2.67 bits per heavy atom. The van der Waals surface area contributed by atoms with E-state index in [-0.39, 0.29) is 31.2 Å². The predicted octanol–water partition coefficient (Wildman–Crippen LogP) is 1.03. The minimum atomic E-state index is -1.07. The Bertz CT molecular complexity index is 456. The lowest BCUT2D eigenvalue weighted by molar-refractivity contribution is -0.143. The Kier molecular flexibility index (Phi) is 4.92. The second-order valence-electron chi connectivity index (χ2n) is 3.80. The zero-order chi connectivity index (χ0) is 13.5. The van der Waals surface area contributed by atoms with Crippen molar-refractivity contribution in [3.05, 3.63) is 42.5 Å². The molecule has 0 fully saturated rings. The number of hydrogen-bond acceptors (Lipinski definition) is 3. The van der Waals surface area contributed by atoms with Gasteiger partial charge in [-0.3, -0.25) is 9.59 Å². The summed E-state index contributed by atoms with van der Waals surface area (Å²) in [5.41, 5.74) is 0.638. The standard InChI is InChI=1S/C13H15NO4/c1-2-6-14(9-13(17)18)12(16)8-10-4-3-5-11(15)7-10/h2-5,7,15H,1,6,8-9H2,(H,17,18). The fourth-order valence-electron chi connectivity index (χ4n) is 1.53. The van der Waals surface area contributed by atoms with E-state index in [0.717, 1.165) is 0 Å². The van der Waals surface area contributed by atoms with Crippen LogP contribution in [0, 0.1) is 0 Å². The SMILES string of the molecule is C=CCN(CC(=O)O)C(=O)Cc1cccc(O)c1.